The molecule has 2 fully saturated rings. The summed E-state index contributed by atoms with van der Waals surface area (Å²) in [6.07, 6.45) is 7.47. The van der Waals surface area contributed by atoms with Crippen LogP contribution < -0.4 is 0 Å². The highest BCUT2D eigenvalue weighted by Gasteiger charge is 2.27. The van der Waals surface area contributed by atoms with Crippen molar-refractivity contribution in [2.75, 3.05) is 32.2 Å². The Morgan fingerprint density at radius 3 is 2.47 bits per heavy atom. The minimum Gasteiger partial charge on any atom is -0.458 e. The summed E-state index contributed by atoms with van der Waals surface area (Å²) in [6.45, 7) is 8.46. The van der Waals surface area contributed by atoms with Gasteiger partial charge in [-0.2, -0.15) is 5.10 Å². The molecule has 0 spiro atoms. The Morgan fingerprint density at radius 1 is 1.00 bits per heavy atom. The fourth-order valence-electron chi connectivity index (χ4n) is 6.08. The minimum absolute atomic E-state index is 0.0101. The standard InChI is InChI=1S/C36H47ClN2O5S/c1-36(2,3)44-31(40)25-41-24-27-17-15-26(16-18-27)23-39-35(45-21-20-43-32-14-7-8-19-42-32)33(29-12-9-13-30(37)22-29)34(38-39)28-10-5-4-6-11-28/h4-6,9-13,22,26-27,32H,7-8,14-21,23-25H2,1-3H3/t26-,27+,32?. The Labute approximate surface area is 277 Å². The van der Waals surface area contributed by atoms with E-state index in [4.69, 9.17) is 35.6 Å². The molecule has 0 bridgehead atoms. The molecule has 7 nitrogen and oxygen atoms in total. The molecule has 1 saturated carbocycles. The molecule has 1 aromatic heterocycles. The molecule has 9 heteroatoms. The first-order valence-electron chi connectivity index (χ1n) is 16.3. The molecule has 45 heavy (non-hydrogen) atoms. The third kappa shape index (κ3) is 10.3. The normalized spacial score (nSPS) is 20.7. The van der Waals surface area contributed by atoms with E-state index in [1.807, 2.05) is 45.0 Å². The van der Waals surface area contributed by atoms with Crippen molar-refractivity contribution in [1.82, 2.24) is 9.78 Å². The Morgan fingerprint density at radius 2 is 1.76 bits per heavy atom. The molecule has 1 unspecified atom stereocenters. The summed E-state index contributed by atoms with van der Waals surface area (Å²) in [5.41, 5.74) is 3.75. The summed E-state index contributed by atoms with van der Waals surface area (Å²) < 4.78 is 25.2. The number of halogens is 1. The molecule has 0 radical (unpaired) electrons. The van der Waals surface area contributed by atoms with Gasteiger partial charge in [-0.3, -0.25) is 4.68 Å². The highest BCUT2D eigenvalue weighted by Crippen LogP contribution is 2.41. The minimum atomic E-state index is -0.494. The lowest BCUT2D eigenvalue weighted by Crippen LogP contribution is -2.28. The van der Waals surface area contributed by atoms with E-state index in [-0.39, 0.29) is 18.9 Å². The number of thioether (sulfide) groups is 1. The van der Waals surface area contributed by atoms with Crippen molar-refractivity contribution in [2.45, 2.75) is 89.2 Å². The molecule has 1 aliphatic heterocycles. The number of nitrogens with zero attached hydrogens (tertiary/aromatic N) is 2. The van der Waals surface area contributed by atoms with Crippen molar-refractivity contribution >= 4 is 29.3 Å². The zero-order valence-corrected chi connectivity index (χ0v) is 28.4. The topological polar surface area (TPSA) is 71.8 Å². The number of hydrogen-bond acceptors (Lipinski definition) is 7. The van der Waals surface area contributed by atoms with Gasteiger partial charge in [-0.15, -0.1) is 11.8 Å². The predicted molar refractivity (Wildman–Crippen MR) is 180 cm³/mol. The number of aromatic nitrogens is 2. The average Bonchev–Trinajstić information content (AvgIpc) is 3.38. The van der Waals surface area contributed by atoms with E-state index in [1.54, 1.807) is 11.8 Å². The van der Waals surface area contributed by atoms with Crippen LogP contribution >= 0.6 is 23.4 Å². The lowest BCUT2D eigenvalue weighted by molar-refractivity contribution is -0.160. The highest BCUT2D eigenvalue weighted by atomic mass is 35.5. The van der Waals surface area contributed by atoms with Crippen LogP contribution in [0.4, 0.5) is 0 Å². The van der Waals surface area contributed by atoms with Crippen molar-refractivity contribution in [2.24, 2.45) is 11.8 Å². The van der Waals surface area contributed by atoms with Gasteiger partial charge in [0.05, 0.1) is 13.2 Å². The molecule has 1 aliphatic carbocycles. The van der Waals surface area contributed by atoms with E-state index in [9.17, 15) is 4.79 Å². The van der Waals surface area contributed by atoms with Crippen LogP contribution in [-0.2, 0) is 30.3 Å². The third-order valence-corrected chi connectivity index (χ3v) is 9.52. The molecule has 1 atom stereocenters. The van der Waals surface area contributed by atoms with E-state index in [0.717, 1.165) is 91.3 Å². The van der Waals surface area contributed by atoms with Crippen LogP contribution in [0, 0.1) is 11.8 Å². The van der Waals surface area contributed by atoms with Crippen LogP contribution in [0.25, 0.3) is 22.4 Å². The first kappa shape index (κ1) is 34.0. The highest BCUT2D eigenvalue weighted by molar-refractivity contribution is 7.99. The SMILES string of the molecule is CC(C)(C)OC(=O)COC[C@H]1CC[C@@H](Cn2nc(-c3ccccc3)c(-c3cccc(Cl)c3)c2SCCOC2CCCCO2)CC1. The monoisotopic (exact) mass is 654 g/mol. The summed E-state index contributed by atoms with van der Waals surface area (Å²) in [6, 6.07) is 18.5. The van der Waals surface area contributed by atoms with Crippen LogP contribution in [0.15, 0.2) is 59.6 Å². The van der Waals surface area contributed by atoms with E-state index in [2.05, 4.69) is 35.0 Å². The average molecular weight is 655 g/mol. The van der Waals surface area contributed by atoms with Crippen LogP contribution in [-0.4, -0.2) is 59.8 Å². The Kier molecular flexibility index (Phi) is 12.4. The molecule has 0 amide bonds. The lowest BCUT2D eigenvalue weighted by atomic mass is 9.82. The fraction of sp³-hybridized carbons (Fsp3) is 0.556. The van der Waals surface area contributed by atoms with Gasteiger partial charge in [0.15, 0.2) is 6.29 Å². The molecule has 2 aromatic carbocycles. The maximum atomic E-state index is 12.0. The molecule has 5 rings (SSSR count). The maximum absolute atomic E-state index is 12.0. The van der Waals surface area contributed by atoms with Gasteiger partial charge in [-0.1, -0.05) is 54.1 Å². The number of ether oxygens (including phenoxy) is 4. The molecular weight excluding hydrogens is 608 g/mol. The van der Waals surface area contributed by atoms with Crippen LogP contribution in [0.2, 0.25) is 5.02 Å². The van der Waals surface area contributed by atoms with Crippen molar-refractivity contribution in [3.05, 3.63) is 59.6 Å². The predicted octanol–water partition coefficient (Wildman–Crippen LogP) is 8.67. The molecular formula is C36H47ClN2O5S. The van der Waals surface area contributed by atoms with E-state index in [1.165, 1.54) is 0 Å². The van der Waals surface area contributed by atoms with Crippen LogP contribution in [0.3, 0.4) is 0 Å². The smallest absolute Gasteiger partial charge is 0.332 e. The summed E-state index contributed by atoms with van der Waals surface area (Å²) in [4.78, 5) is 12.0. The van der Waals surface area contributed by atoms with Gasteiger partial charge in [0, 0.05) is 35.1 Å². The number of carbonyl (C=O) groups is 1. The summed E-state index contributed by atoms with van der Waals surface area (Å²) >= 11 is 8.31. The zero-order valence-electron chi connectivity index (χ0n) is 26.8. The van der Waals surface area contributed by atoms with Gasteiger partial charge in [-0.25, -0.2) is 4.79 Å². The molecule has 2 heterocycles. The van der Waals surface area contributed by atoms with Crippen molar-refractivity contribution in [3.8, 4) is 22.4 Å². The second kappa shape index (κ2) is 16.5. The second-order valence-corrected chi connectivity index (χ2v) is 14.6. The summed E-state index contributed by atoms with van der Waals surface area (Å²) in [5, 5.41) is 7.13. The fourth-order valence-corrected chi connectivity index (χ4v) is 7.27. The van der Waals surface area contributed by atoms with Gasteiger partial charge in [0.1, 0.15) is 22.9 Å². The zero-order chi connectivity index (χ0) is 31.6. The van der Waals surface area contributed by atoms with E-state index >= 15 is 0 Å². The van der Waals surface area contributed by atoms with E-state index < -0.39 is 5.60 Å². The van der Waals surface area contributed by atoms with Gasteiger partial charge >= 0.3 is 5.97 Å². The van der Waals surface area contributed by atoms with Crippen LogP contribution in [0.5, 0.6) is 0 Å². The van der Waals surface area contributed by atoms with Gasteiger partial charge in [-0.05, 0) is 95.2 Å². The van der Waals surface area contributed by atoms with Crippen molar-refractivity contribution in [3.63, 3.8) is 0 Å². The second-order valence-electron chi connectivity index (χ2n) is 13.1. The molecule has 244 valence electrons. The molecule has 2 aliphatic rings. The molecule has 3 aromatic rings. The Bertz CT molecular complexity index is 1360. The maximum Gasteiger partial charge on any atom is 0.332 e. The van der Waals surface area contributed by atoms with Gasteiger partial charge in [0.2, 0.25) is 0 Å². The third-order valence-electron chi connectivity index (χ3n) is 8.22. The number of carbonyl (C=O) groups excluding carboxylic acids is 1. The van der Waals surface area contributed by atoms with Crippen LogP contribution in [0.1, 0.15) is 65.7 Å². The van der Waals surface area contributed by atoms with Gasteiger partial charge < -0.3 is 18.9 Å². The number of hydrogen-bond donors (Lipinski definition) is 0. The molecule has 0 N–H and O–H groups in total. The first-order chi connectivity index (χ1) is 21.7. The van der Waals surface area contributed by atoms with Crippen molar-refractivity contribution in [1.29, 1.82) is 0 Å². The number of rotatable bonds is 13. The lowest BCUT2D eigenvalue weighted by Gasteiger charge is -2.29. The van der Waals surface area contributed by atoms with Gasteiger partial charge in [0.25, 0.3) is 0 Å². The first-order valence-corrected chi connectivity index (χ1v) is 17.7. The largest absolute Gasteiger partial charge is 0.458 e. The summed E-state index contributed by atoms with van der Waals surface area (Å²) in [5.74, 6) is 1.46. The number of esters is 1. The van der Waals surface area contributed by atoms with Crippen molar-refractivity contribution < 1.29 is 23.7 Å². The number of benzene rings is 2. The quantitative estimate of drug-likeness (QED) is 0.104. The molecule has 1 saturated heterocycles. The Balaban J connectivity index is 1.29. The van der Waals surface area contributed by atoms with E-state index in [0.29, 0.717) is 30.1 Å². The Hall–Kier alpha value is -2.36. The summed E-state index contributed by atoms with van der Waals surface area (Å²) in [7, 11) is 0.